The summed E-state index contributed by atoms with van der Waals surface area (Å²) in [6.07, 6.45) is 2.64. The molecule has 3 rings (SSSR count). The number of carbonyl (C=O) groups is 1. The lowest BCUT2D eigenvalue weighted by Crippen LogP contribution is -2.24. The molecular formula is C21H26N2O2S. The summed E-state index contributed by atoms with van der Waals surface area (Å²) in [4.78, 5) is 15.6. The second kappa shape index (κ2) is 9.64. The number of hydrogen-bond donors (Lipinski definition) is 1. The average molecular weight is 371 g/mol. The van der Waals surface area contributed by atoms with Gasteiger partial charge in [0.05, 0.1) is 12.9 Å². The van der Waals surface area contributed by atoms with Crippen LogP contribution in [0.4, 0.5) is 0 Å². The van der Waals surface area contributed by atoms with Gasteiger partial charge in [0.1, 0.15) is 5.75 Å². The van der Waals surface area contributed by atoms with Crippen molar-refractivity contribution < 1.29 is 9.53 Å². The normalized spacial score (nSPS) is 14.3. The van der Waals surface area contributed by atoms with Crippen LogP contribution in [0.2, 0.25) is 0 Å². The van der Waals surface area contributed by atoms with Gasteiger partial charge in [0, 0.05) is 18.0 Å². The molecule has 0 aromatic heterocycles. The van der Waals surface area contributed by atoms with Crippen LogP contribution in [0.25, 0.3) is 0 Å². The second-order valence-corrected chi connectivity index (χ2v) is 7.59. The van der Waals surface area contributed by atoms with Crippen molar-refractivity contribution in [2.45, 2.75) is 30.8 Å². The molecule has 1 heterocycles. The van der Waals surface area contributed by atoms with Crippen molar-refractivity contribution in [3.05, 3.63) is 59.7 Å². The first kappa shape index (κ1) is 18.8. The van der Waals surface area contributed by atoms with Crippen LogP contribution in [-0.2, 0) is 17.9 Å². The van der Waals surface area contributed by atoms with Crippen molar-refractivity contribution in [1.82, 2.24) is 10.2 Å². The third kappa shape index (κ3) is 5.78. The topological polar surface area (TPSA) is 41.6 Å². The van der Waals surface area contributed by atoms with Gasteiger partial charge in [-0.3, -0.25) is 9.69 Å². The van der Waals surface area contributed by atoms with Crippen LogP contribution in [0, 0.1) is 0 Å². The smallest absolute Gasteiger partial charge is 0.230 e. The van der Waals surface area contributed by atoms with Crippen LogP contribution in [0.1, 0.15) is 24.0 Å². The number of rotatable bonds is 8. The Morgan fingerprint density at radius 2 is 1.69 bits per heavy atom. The summed E-state index contributed by atoms with van der Waals surface area (Å²) in [6, 6.07) is 16.3. The summed E-state index contributed by atoms with van der Waals surface area (Å²) in [5, 5.41) is 2.99. The van der Waals surface area contributed by atoms with Crippen LogP contribution < -0.4 is 10.1 Å². The largest absolute Gasteiger partial charge is 0.497 e. The fourth-order valence-electron chi connectivity index (χ4n) is 3.03. The summed E-state index contributed by atoms with van der Waals surface area (Å²) >= 11 is 1.53. The lowest BCUT2D eigenvalue weighted by Gasteiger charge is -2.14. The highest BCUT2D eigenvalue weighted by atomic mass is 32.2. The van der Waals surface area contributed by atoms with E-state index >= 15 is 0 Å². The van der Waals surface area contributed by atoms with Crippen molar-refractivity contribution in [3.8, 4) is 5.75 Å². The molecule has 0 radical (unpaired) electrons. The molecule has 2 aromatic carbocycles. The number of methoxy groups -OCH3 is 1. The summed E-state index contributed by atoms with van der Waals surface area (Å²) in [7, 11) is 1.65. The maximum atomic E-state index is 12.0. The van der Waals surface area contributed by atoms with E-state index in [4.69, 9.17) is 4.74 Å². The zero-order valence-electron chi connectivity index (χ0n) is 15.2. The molecule has 0 aliphatic carbocycles. The molecule has 4 nitrogen and oxygen atoms in total. The van der Waals surface area contributed by atoms with Crippen LogP contribution in [0.5, 0.6) is 5.75 Å². The molecule has 2 aromatic rings. The van der Waals surface area contributed by atoms with Gasteiger partial charge in [-0.2, -0.15) is 0 Å². The third-order valence-corrected chi connectivity index (χ3v) is 5.56. The Morgan fingerprint density at radius 3 is 2.35 bits per heavy atom. The molecule has 1 amide bonds. The van der Waals surface area contributed by atoms with Crippen LogP contribution in [-0.4, -0.2) is 36.8 Å². The van der Waals surface area contributed by atoms with Crippen LogP contribution in [0.15, 0.2) is 53.4 Å². The standard InChI is InChI=1S/C21H26N2O2S/c1-25-19-8-10-20(11-9-19)26-16-21(24)22-14-17-4-6-18(7-5-17)15-23-12-2-3-13-23/h4-11H,2-3,12-16H2,1H3,(H,22,24). The predicted molar refractivity (Wildman–Crippen MR) is 107 cm³/mol. The number of carbonyl (C=O) groups excluding carboxylic acids is 1. The van der Waals surface area contributed by atoms with Gasteiger partial charge in [-0.25, -0.2) is 0 Å². The third-order valence-electron chi connectivity index (χ3n) is 4.55. The zero-order chi connectivity index (χ0) is 18.2. The maximum Gasteiger partial charge on any atom is 0.230 e. The number of nitrogens with one attached hydrogen (secondary N) is 1. The Morgan fingerprint density at radius 1 is 1.04 bits per heavy atom. The highest BCUT2D eigenvalue weighted by Gasteiger charge is 2.11. The number of hydrogen-bond acceptors (Lipinski definition) is 4. The molecule has 1 fully saturated rings. The SMILES string of the molecule is COc1ccc(SCC(=O)NCc2ccc(CN3CCCC3)cc2)cc1. The number of benzene rings is 2. The number of likely N-dealkylation sites (tertiary alicyclic amines) is 1. The Bertz CT molecular complexity index is 695. The van der Waals surface area contributed by atoms with Gasteiger partial charge in [0.25, 0.3) is 0 Å². The van der Waals surface area contributed by atoms with Crippen molar-refractivity contribution in [2.75, 3.05) is 26.0 Å². The van der Waals surface area contributed by atoms with Crippen molar-refractivity contribution >= 4 is 17.7 Å². The van der Waals surface area contributed by atoms with Gasteiger partial charge in [0.2, 0.25) is 5.91 Å². The minimum Gasteiger partial charge on any atom is -0.497 e. The molecule has 1 aliphatic heterocycles. The first-order valence-corrected chi connectivity index (χ1v) is 10.1. The molecule has 0 spiro atoms. The molecule has 0 atom stereocenters. The Labute approximate surface area is 159 Å². The number of amides is 1. The summed E-state index contributed by atoms with van der Waals surface area (Å²) < 4.78 is 5.14. The molecule has 0 bridgehead atoms. The molecule has 5 heteroatoms. The highest BCUT2D eigenvalue weighted by Crippen LogP contribution is 2.21. The number of nitrogens with zero attached hydrogens (tertiary/aromatic N) is 1. The van der Waals surface area contributed by atoms with Gasteiger partial charge >= 0.3 is 0 Å². The molecular weight excluding hydrogens is 344 g/mol. The quantitative estimate of drug-likeness (QED) is 0.720. The van der Waals surface area contributed by atoms with E-state index in [-0.39, 0.29) is 5.91 Å². The Kier molecular flexibility index (Phi) is 6.97. The molecule has 0 saturated carbocycles. The molecule has 138 valence electrons. The van der Waals surface area contributed by atoms with E-state index in [9.17, 15) is 4.79 Å². The van der Waals surface area contributed by atoms with E-state index in [1.165, 1.54) is 43.3 Å². The first-order chi connectivity index (χ1) is 12.7. The minimum absolute atomic E-state index is 0.0481. The minimum atomic E-state index is 0.0481. The monoisotopic (exact) mass is 370 g/mol. The predicted octanol–water partition coefficient (Wildman–Crippen LogP) is 3.70. The van der Waals surface area contributed by atoms with Crippen molar-refractivity contribution in [1.29, 1.82) is 0 Å². The summed E-state index contributed by atoms with van der Waals surface area (Å²) in [5.74, 6) is 1.29. The van der Waals surface area contributed by atoms with E-state index in [1.54, 1.807) is 7.11 Å². The van der Waals surface area contributed by atoms with E-state index < -0.39 is 0 Å². The zero-order valence-corrected chi connectivity index (χ0v) is 16.1. The van der Waals surface area contributed by atoms with E-state index in [0.717, 1.165) is 22.8 Å². The number of ether oxygens (including phenoxy) is 1. The Hall–Kier alpha value is -1.98. The highest BCUT2D eigenvalue weighted by molar-refractivity contribution is 8.00. The molecule has 26 heavy (non-hydrogen) atoms. The van der Waals surface area contributed by atoms with Gasteiger partial charge in [-0.1, -0.05) is 24.3 Å². The summed E-state index contributed by atoms with van der Waals surface area (Å²) in [6.45, 7) is 4.03. The first-order valence-electron chi connectivity index (χ1n) is 9.06. The van der Waals surface area contributed by atoms with E-state index in [0.29, 0.717) is 12.3 Å². The molecule has 1 aliphatic rings. The molecule has 0 unspecified atom stereocenters. The lowest BCUT2D eigenvalue weighted by molar-refractivity contribution is -0.118. The van der Waals surface area contributed by atoms with E-state index in [2.05, 4.69) is 34.5 Å². The van der Waals surface area contributed by atoms with Crippen LogP contribution in [0.3, 0.4) is 0 Å². The average Bonchev–Trinajstić information content (AvgIpc) is 3.19. The van der Waals surface area contributed by atoms with Gasteiger partial charge in [0.15, 0.2) is 0 Å². The van der Waals surface area contributed by atoms with Crippen molar-refractivity contribution in [2.24, 2.45) is 0 Å². The lowest BCUT2D eigenvalue weighted by atomic mass is 10.1. The van der Waals surface area contributed by atoms with Gasteiger partial charge in [-0.05, 0) is 61.3 Å². The second-order valence-electron chi connectivity index (χ2n) is 6.54. The summed E-state index contributed by atoms with van der Waals surface area (Å²) in [5.41, 5.74) is 2.48. The van der Waals surface area contributed by atoms with Crippen LogP contribution >= 0.6 is 11.8 Å². The van der Waals surface area contributed by atoms with E-state index in [1.807, 2.05) is 24.3 Å². The fraction of sp³-hybridized carbons (Fsp3) is 0.381. The van der Waals surface area contributed by atoms with Gasteiger partial charge < -0.3 is 10.1 Å². The molecule has 1 N–H and O–H groups in total. The number of thioether (sulfide) groups is 1. The van der Waals surface area contributed by atoms with Gasteiger partial charge in [-0.15, -0.1) is 11.8 Å². The molecule has 1 saturated heterocycles. The van der Waals surface area contributed by atoms with Crippen molar-refractivity contribution in [3.63, 3.8) is 0 Å². The Balaban J connectivity index is 1.39. The fourth-order valence-corrected chi connectivity index (χ4v) is 3.76. The maximum absolute atomic E-state index is 12.0.